The fourth-order valence-corrected chi connectivity index (χ4v) is 3.64. The number of carboxylic acids is 1. The summed E-state index contributed by atoms with van der Waals surface area (Å²) in [7, 11) is 0. The van der Waals surface area contributed by atoms with E-state index < -0.39 is 29.5 Å². The van der Waals surface area contributed by atoms with Crippen molar-refractivity contribution in [3.8, 4) is 17.3 Å². The number of esters is 1. The van der Waals surface area contributed by atoms with Gasteiger partial charge in [0, 0.05) is 18.1 Å². The van der Waals surface area contributed by atoms with Gasteiger partial charge >= 0.3 is 11.9 Å². The van der Waals surface area contributed by atoms with Crippen LogP contribution in [0.4, 0.5) is 0 Å². The first kappa shape index (κ1) is 25.1. The highest BCUT2D eigenvalue weighted by Crippen LogP contribution is 2.25. The number of rotatable bonds is 9. The molecule has 1 atom stereocenters. The molecule has 1 amide bonds. The summed E-state index contributed by atoms with van der Waals surface area (Å²) in [6, 6.07) is 9.30. The summed E-state index contributed by atoms with van der Waals surface area (Å²) >= 11 is 0. The Labute approximate surface area is 198 Å². The molecule has 0 saturated heterocycles. The molecular weight excluding hydrogens is 438 g/mol. The van der Waals surface area contributed by atoms with E-state index in [4.69, 9.17) is 9.47 Å². The van der Waals surface area contributed by atoms with Crippen LogP contribution in [0.3, 0.4) is 0 Å². The Kier molecular flexibility index (Phi) is 8.20. The molecule has 1 aliphatic rings. The average molecular weight is 470 g/mol. The quantitative estimate of drug-likeness (QED) is 0.531. The standard InChI is InChI=1S/C25H31N3O6/c1-25(2,3)34-21(29)14-13-18(24(31)32)27-23(30)19-15-20(33-17-11-7-8-12-17)28-22(26-19)16-9-5-4-6-10-16/h4-6,9-10,15,17-18H,7-8,11-14H2,1-3H3,(H,27,30)(H,31,32)/t18-/m0/s1. The molecule has 9 nitrogen and oxygen atoms in total. The first-order valence-corrected chi connectivity index (χ1v) is 11.5. The Morgan fingerprint density at radius 3 is 2.41 bits per heavy atom. The second kappa shape index (κ2) is 11.1. The van der Waals surface area contributed by atoms with Gasteiger partial charge in [0.2, 0.25) is 5.88 Å². The molecule has 1 aromatic heterocycles. The van der Waals surface area contributed by atoms with E-state index in [1.165, 1.54) is 6.07 Å². The molecule has 1 aromatic carbocycles. The predicted octanol–water partition coefficient (Wildman–Crippen LogP) is 3.77. The number of aromatic nitrogens is 2. The molecule has 34 heavy (non-hydrogen) atoms. The maximum Gasteiger partial charge on any atom is 0.326 e. The Morgan fingerprint density at radius 2 is 1.79 bits per heavy atom. The topological polar surface area (TPSA) is 128 Å². The van der Waals surface area contributed by atoms with Crippen molar-refractivity contribution in [2.75, 3.05) is 0 Å². The van der Waals surface area contributed by atoms with Crippen molar-refractivity contribution in [3.63, 3.8) is 0 Å². The highest BCUT2D eigenvalue weighted by molar-refractivity contribution is 5.95. The summed E-state index contributed by atoms with van der Waals surface area (Å²) in [6.45, 7) is 5.18. The van der Waals surface area contributed by atoms with E-state index in [1.807, 2.05) is 30.3 Å². The van der Waals surface area contributed by atoms with Gasteiger partial charge in [-0.05, 0) is 52.9 Å². The van der Waals surface area contributed by atoms with Gasteiger partial charge < -0.3 is 19.9 Å². The van der Waals surface area contributed by atoms with Crippen LogP contribution in [-0.4, -0.2) is 50.7 Å². The molecule has 0 radical (unpaired) electrons. The highest BCUT2D eigenvalue weighted by atomic mass is 16.6. The molecule has 0 bridgehead atoms. The molecule has 0 spiro atoms. The van der Waals surface area contributed by atoms with Crippen molar-refractivity contribution < 1.29 is 29.0 Å². The van der Waals surface area contributed by atoms with Crippen LogP contribution in [0.25, 0.3) is 11.4 Å². The molecule has 2 aromatic rings. The van der Waals surface area contributed by atoms with E-state index >= 15 is 0 Å². The first-order chi connectivity index (χ1) is 16.1. The summed E-state index contributed by atoms with van der Waals surface area (Å²) in [5.41, 5.74) is 0.0160. The molecular formula is C25H31N3O6. The third-order valence-electron chi connectivity index (χ3n) is 5.22. The predicted molar refractivity (Wildman–Crippen MR) is 124 cm³/mol. The van der Waals surface area contributed by atoms with Gasteiger partial charge in [-0.25, -0.2) is 9.78 Å². The third-order valence-corrected chi connectivity index (χ3v) is 5.22. The second-order valence-corrected chi connectivity index (χ2v) is 9.29. The Balaban J connectivity index is 1.78. The molecule has 0 aliphatic heterocycles. The number of aliphatic carboxylic acids is 1. The number of nitrogens with one attached hydrogen (secondary N) is 1. The van der Waals surface area contributed by atoms with Crippen LogP contribution in [0.1, 0.15) is 69.8 Å². The van der Waals surface area contributed by atoms with Crippen LogP contribution >= 0.6 is 0 Å². The second-order valence-electron chi connectivity index (χ2n) is 9.29. The molecule has 3 rings (SSSR count). The summed E-state index contributed by atoms with van der Waals surface area (Å²) < 4.78 is 11.2. The van der Waals surface area contributed by atoms with Crippen molar-refractivity contribution in [1.82, 2.24) is 15.3 Å². The Bertz CT molecular complexity index is 1010. The minimum absolute atomic E-state index is 0.00892. The number of ether oxygens (including phenoxy) is 2. The molecule has 9 heteroatoms. The summed E-state index contributed by atoms with van der Waals surface area (Å²) in [5.74, 6) is -1.90. The van der Waals surface area contributed by atoms with Gasteiger partial charge in [0.15, 0.2) is 5.82 Å². The van der Waals surface area contributed by atoms with Gasteiger partial charge in [0.1, 0.15) is 23.4 Å². The van der Waals surface area contributed by atoms with Crippen LogP contribution < -0.4 is 10.1 Å². The first-order valence-electron chi connectivity index (χ1n) is 11.5. The van der Waals surface area contributed by atoms with Gasteiger partial charge in [-0.2, -0.15) is 4.98 Å². The number of carboxylic acid groups (broad SMARTS) is 1. The Morgan fingerprint density at radius 1 is 1.12 bits per heavy atom. The maximum absolute atomic E-state index is 13.0. The summed E-state index contributed by atoms with van der Waals surface area (Å²) in [5, 5.41) is 12.0. The Hall–Kier alpha value is -3.49. The number of hydrogen-bond acceptors (Lipinski definition) is 7. The summed E-state index contributed by atoms with van der Waals surface area (Å²) in [4.78, 5) is 45.5. The number of carbonyl (C=O) groups is 3. The van der Waals surface area contributed by atoms with Crippen LogP contribution in [0.2, 0.25) is 0 Å². The fourth-order valence-electron chi connectivity index (χ4n) is 3.64. The van der Waals surface area contributed by atoms with Crippen LogP contribution in [-0.2, 0) is 14.3 Å². The number of amides is 1. The molecule has 1 aliphatic carbocycles. The van der Waals surface area contributed by atoms with Crippen molar-refractivity contribution in [2.45, 2.75) is 77.0 Å². The number of hydrogen-bond donors (Lipinski definition) is 2. The van der Waals surface area contributed by atoms with E-state index in [2.05, 4.69) is 15.3 Å². The van der Waals surface area contributed by atoms with Gasteiger partial charge in [-0.15, -0.1) is 0 Å². The van der Waals surface area contributed by atoms with Crippen molar-refractivity contribution in [2.24, 2.45) is 0 Å². The highest BCUT2D eigenvalue weighted by Gasteiger charge is 2.26. The van der Waals surface area contributed by atoms with Crippen LogP contribution in [0.15, 0.2) is 36.4 Å². The largest absolute Gasteiger partial charge is 0.480 e. The maximum atomic E-state index is 13.0. The van der Waals surface area contributed by atoms with Gasteiger partial charge in [-0.1, -0.05) is 30.3 Å². The molecule has 1 fully saturated rings. The minimum atomic E-state index is -1.28. The molecule has 0 unspecified atom stereocenters. The average Bonchev–Trinajstić information content (AvgIpc) is 3.28. The van der Waals surface area contributed by atoms with Crippen LogP contribution in [0.5, 0.6) is 5.88 Å². The third kappa shape index (κ3) is 7.54. The number of benzene rings is 1. The van der Waals surface area contributed by atoms with E-state index in [0.717, 1.165) is 25.7 Å². The van der Waals surface area contributed by atoms with Crippen molar-refractivity contribution in [3.05, 3.63) is 42.1 Å². The molecule has 1 saturated carbocycles. The lowest BCUT2D eigenvalue weighted by Crippen LogP contribution is -2.41. The molecule has 2 N–H and O–H groups in total. The molecule has 1 heterocycles. The van der Waals surface area contributed by atoms with E-state index in [9.17, 15) is 19.5 Å². The SMILES string of the molecule is CC(C)(C)OC(=O)CC[C@H](NC(=O)c1cc(OC2CCCC2)nc(-c2ccccc2)n1)C(=O)O. The normalized spacial score (nSPS) is 14.9. The fraction of sp³-hybridized carbons (Fsp3) is 0.480. The van der Waals surface area contributed by atoms with Gasteiger partial charge in [-0.3, -0.25) is 9.59 Å². The molecule has 182 valence electrons. The minimum Gasteiger partial charge on any atom is -0.480 e. The zero-order valence-corrected chi connectivity index (χ0v) is 19.7. The van der Waals surface area contributed by atoms with E-state index in [1.54, 1.807) is 20.8 Å². The zero-order chi connectivity index (χ0) is 24.7. The summed E-state index contributed by atoms with van der Waals surface area (Å²) in [6.07, 6.45) is 3.74. The lowest BCUT2D eigenvalue weighted by Gasteiger charge is -2.20. The smallest absolute Gasteiger partial charge is 0.326 e. The van der Waals surface area contributed by atoms with Crippen molar-refractivity contribution in [1.29, 1.82) is 0 Å². The van der Waals surface area contributed by atoms with Gasteiger partial charge in [0.25, 0.3) is 5.91 Å². The lowest BCUT2D eigenvalue weighted by atomic mass is 10.1. The van der Waals surface area contributed by atoms with Gasteiger partial charge in [0.05, 0.1) is 0 Å². The monoisotopic (exact) mass is 469 g/mol. The van der Waals surface area contributed by atoms with E-state index in [0.29, 0.717) is 11.4 Å². The lowest BCUT2D eigenvalue weighted by molar-refractivity contribution is -0.155. The van der Waals surface area contributed by atoms with E-state index in [-0.39, 0.29) is 30.5 Å². The number of carbonyl (C=O) groups excluding carboxylic acids is 2. The van der Waals surface area contributed by atoms with Crippen LogP contribution in [0, 0.1) is 0 Å². The van der Waals surface area contributed by atoms with Crippen molar-refractivity contribution >= 4 is 17.8 Å². The number of nitrogens with zero attached hydrogens (tertiary/aromatic N) is 2. The zero-order valence-electron chi connectivity index (χ0n) is 19.7.